The molecular formula is C74H70N4O10. The smallest absolute Gasteiger partial charge is 0.261 e. The van der Waals surface area contributed by atoms with E-state index in [1.54, 1.807) is 24.3 Å². The molecule has 0 radical (unpaired) electrons. The van der Waals surface area contributed by atoms with Crippen molar-refractivity contribution in [2.24, 2.45) is 10.8 Å². The zero-order chi connectivity index (χ0) is 62.0. The predicted octanol–water partition coefficient (Wildman–Crippen LogP) is 14.9. The average Bonchev–Trinajstić information content (AvgIpc) is 0.705. The van der Waals surface area contributed by atoms with Crippen molar-refractivity contribution >= 4 is 133 Å². The Bertz CT molecular complexity index is 4280. The van der Waals surface area contributed by atoms with E-state index in [1.807, 2.05) is 100 Å². The fourth-order valence-electron chi connectivity index (χ4n) is 14.6. The molecule has 14 nitrogen and oxygen atoms in total. The first-order valence-corrected chi connectivity index (χ1v) is 31.0. The van der Waals surface area contributed by atoms with Gasteiger partial charge in [-0.2, -0.15) is 0 Å². The van der Waals surface area contributed by atoms with E-state index < -0.39 is 34.7 Å². The molecule has 4 aliphatic rings. The predicted molar refractivity (Wildman–Crippen MR) is 343 cm³/mol. The van der Waals surface area contributed by atoms with Gasteiger partial charge in [0.1, 0.15) is 0 Å². The molecule has 4 aliphatic heterocycles. The van der Waals surface area contributed by atoms with E-state index >= 15 is 0 Å². The van der Waals surface area contributed by atoms with Crippen LogP contribution in [0.15, 0.2) is 97.1 Å². The number of ether oxygens (including phenoxy) is 2. The number of carbonyl (C=O) groups is 8. The second-order valence-electron chi connectivity index (χ2n) is 27.6. The summed E-state index contributed by atoms with van der Waals surface area (Å²) in [6.07, 6.45) is 5.02. The molecule has 8 amide bonds. The minimum atomic E-state index is -0.719. The fourth-order valence-corrected chi connectivity index (χ4v) is 14.6. The summed E-state index contributed by atoms with van der Waals surface area (Å²) in [5, 5.41) is 12.1. The lowest BCUT2D eigenvalue weighted by Crippen LogP contribution is -2.53. The molecule has 0 saturated carbocycles. The summed E-state index contributed by atoms with van der Waals surface area (Å²) in [5.41, 5.74) is 2.18. The van der Waals surface area contributed by atoms with E-state index in [4.69, 9.17) is 9.47 Å². The van der Waals surface area contributed by atoms with Crippen LogP contribution < -0.4 is 0 Å². The van der Waals surface area contributed by atoms with Crippen molar-refractivity contribution in [2.75, 3.05) is 39.5 Å². The van der Waals surface area contributed by atoms with Crippen LogP contribution in [0, 0.1) is 10.8 Å². The Labute approximate surface area is 509 Å². The molecule has 4 heterocycles. The number of benzene rings is 10. The summed E-state index contributed by atoms with van der Waals surface area (Å²) in [4.78, 5) is 120. The van der Waals surface area contributed by atoms with Gasteiger partial charge in [0.2, 0.25) is 0 Å². The highest BCUT2D eigenvalue weighted by atomic mass is 16.5. The van der Waals surface area contributed by atoms with Crippen LogP contribution in [-0.4, -0.2) is 117 Å². The van der Waals surface area contributed by atoms with E-state index in [9.17, 15) is 38.4 Å². The second kappa shape index (κ2) is 19.9. The highest BCUT2D eigenvalue weighted by Gasteiger charge is 2.46. The summed E-state index contributed by atoms with van der Waals surface area (Å²) in [6.45, 7) is 21.3. The van der Waals surface area contributed by atoms with Gasteiger partial charge >= 0.3 is 0 Å². The average molecular weight is 1180 g/mol. The first-order chi connectivity index (χ1) is 41.9. The summed E-state index contributed by atoms with van der Waals surface area (Å²) in [5.74, 6) is -3.00. The first kappa shape index (κ1) is 57.0. The molecule has 0 bridgehead atoms. The lowest BCUT2D eigenvalue weighted by molar-refractivity contribution is 0.0264. The van der Waals surface area contributed by atoms with Crippen molar-refractivity contribution in [3.8, 4) is 0 Å². The quantitative estimate of drug-likeness (QED) is 0.0329. The molecule has 0 N–H and O–H groups in total. The molecule has 10 aromatic rings. The lowest BCUT2D eigenvalue weighted by atomic mass is 9.79. The zero-order valence-electron chi connectivity index (χ0n) is 51.6. The Morgan fingerprint density at radius 3 is 0.716 bits per heavy atom. The Hall–Kier alpha value is -8.72. The van der Waals surface area contributed by atoms with Gasteiger partial charge in [0.05, 0.1) is 39.5 Å². The molecule has 10 aromatic carbocycles. The van der Waals surface area contributed by atoms with Crippen molar-refractivity contribution in [2.45, 2.75) is 119 Å². The Morgan fingerprint density at radius 2 is 0.500 bits per heavy atom. The number of hydrogen-bond donors (Lipinski definition) is 0. The highest BCUT2D eigenvalue weighted by molar-refractivity contribution is 6.43. The van der Waals surface area contributed by atoms with Crippen molar-refractivity contribution in [1.29, 1.82) is 0 Å². The molecule has 0 saturated heterocycles. The molecule has 0 unspecified atom stereocenters. The third kappa shape index (κ3) is 8.19. The van der Waals surface area contributed by atoms with Crippen molar-refractivity contribution in [1.82, 2.24) is 19.6 Å². The van der Waals surface area contributed by atoms with Crippen molar-refractivity contribution < 1.29 is 47.8 Å². The molecular weight excluding hydrogens is 1100 g/mol. The largest absolute Gasteiger partial charge is 0.377 e. The number of nitrogens with zero attached hydrogens (tertiary/aromatic N) is 4. The normalized spacial score (nSPS) is 15.9. The molecule has 0 atom stereocenters. The molecule has 14 heteroatoms. The van der Waals surface area contributed by atoms with Crippen LogP contribution in [0.1, 0.15) is 191 Å². The topological polar surface area (TPSA) is 168 Å². The lowest BCUT2D eigenvalue weighted by Gasteiger charge is -2.41. The van der Waals surface area contributed by atoms with E-state index in [-0.39, 0.29) is 74.0 Å². The molecule has 88 heavy (non-hydrogen) atoms. The summed E-state index contributed by atoms with van der Waals surface area (Å²) < 4.78 is 11.8. The number of hydrogen-bond acceptors (Lipinski definition) is 10. The Kier molecular flexibility index (Phi) is 12.9. The van der Waals surface area contributed by atoms with E-state index in [0.717, 1.165) is 90.3 Å². The summed E-state index contributed by atoms with van der Waals surface area (Å²) in [7, 11) is 0. The van der Waals surface area contributed by atoms with Crippen molar-refractivity contribution in [3.05, 3.63) is 142 Å². The van der Waals surface area contributed by atoms with Crippen LogP contribution in [0.5, 0.6) is 0 Å². The van der Waals surface area contributed by atoms with Crippen LogP contribution in [-0.2, 0) is 9.47 Å². The molecule has 0 spiro atoms. The first-order valence-electron chi connectivity index (χ1n) is 31.0. The van der Waals surface area contributed by atoms with Crippen LogP contribution in [0.2, 0.25) is 0 Å². The van der Waals surface area contributed by atoms with Crippen molar-refractivity contribution in [3.63, 3.8) is 0 Å². The fraction of sp³-hybridized carbons (Fsp3) is 0.351. The molecule has 14 rings (SSSR count). The third-order valence-electron chi connectivity index (χ3n) is 20.7. The number of carbonyl (C=O) groups excluding carboxylic acids is 8. The van der Waals surface area contributed by atoms with Gasteiger partial charge in [0, 0.05) is 77.1 Å². The van der Waals surface area contributed by atoms with Gasteiger partial charge in [-0.1, -0.05) is 103 Å². The van der Waals surface area contributed by atoms with Gasteiger partial charge in [-0.3, -0.25) is 58.0 Å². The van der Waals surface area contributed by atoms with E-state index in [1.165, 1.54) is 19.6 Å². The van der Waals surface area contributed by atoms with E-state index in [0.29, 0.717) is 78.9 Å². The molecule has 0 aromatic heterocycles. The van der Waals surface area contributed by atoms with Gasteiger partial charge in [0.25, 0.3) is 47.3 Å². The SMILES string of the molecule is CCC(C)(C)CCC(C)(C)N1C(=O)c2ccc3c4ccc5c6c(ccc(c7ccc(c2c37)C1=O)c64)C(=O)N(CCOCCOCCN1C(=O)c2ccc3c4ccc6c7c(ccc(c8ccc(c2c38)C1=O)c74)C(=O)N(C(C)(C)CCC(C)(C)CC)C6=O)C5=O. The molecule has 446 valence electrons. The summed E-state index contributed by atoms with van der Waals surface area (Å²) in [6, 6.07) is 29.6. The molecule has 0 fully saturated rings. The van der Waals surface area contributed by atoms with Crippen LogP contribution in [0.4, 0.5) is 0 Å². The Morgan fingerprint density at radius 1 is 0.284 bits per heavy atom. The van der Waals surface area contributed by atoms with Gasteiger partial charge in [0.15, 0.2) is 0 Å². The monoisotopic (exact) mass is 1170 g/mol. The molecule has 0 aliphatic carbocycles. The maximum absolute atomic E-state index is 14.5. The minimum absolute atomic E-state index is 0.00925. The van der Waals surface area contributed by atoms with Gasteiger partial charge in [-0.15, -0.1) is 0 Å². The van der Waals surface area contributed by atoms with E-state index in [2.05, 4.69) is 41.5 Å². The van der Waals surface area contributed by atoms with Crippen LogP contribution in [0.3, 0.4) is 0 Å². The number of fused-ring (bicyclic) bond motifs is 4. The van der Waals surface area contributed by atoms with Crippen LogP contribution in [0.25, 0.3) is 86.2 Å². The van der Waals surface area contributed by atoms with Gasteiger partial charge in [-0.25, -0.2) is 0 Å². The maximum atomic E-state index is 14.5. The number of rotatable bonds is 19. The maximum Gasteiger partial charge on any atom is 0.261 e. The number of imide groups is 4. The summed E-state index contributed by atoms with van der Waals surface area (Å²) >= 11 is 0. The highest BCUT2D eigenvalue weighted by Crippen LogP contribution is 2.50. The Balaban J connectivity index is 0.635. The van der Waals surface area contributed by atoms with Gasteiger partial charge in [-0.05, 0) is 177 Å². The third-order valence-corrected chi connectivity index (χ3v) is 20.7. The minimum Gasteiger partial charge on any atom is -0.377 e. The number of amides is 8. The second-order valence-corrected chi connectivity index (χ2v) is 27.6. The van der Waals surface area contributed by atoms with Crippen LogP contribution >= 0.6 is 0 Å². The van der Waals surface area contributed by atoms with Gasteiger partial charge < -0.3 is 9.47 Å². The standard InChI is InChI=1S/C74H70N4O10/c1-11-71(3,4)29-31-73(7,8)77-67(83)51-25-17-43-39-13-21-47-59-48(22-14-40(55(39)59)44-18-26-52(68(77)84)61(51)57(43)44)64(80)75(63(47)79)33-35-87-37-38-88-36-34-76-65(81)49-23-15-41-45-19-27-53-62-54(70(86)78(69(53)85)74(9,10)32-30-72(5,6)12-2)28-20-46(58(45)62)42-16-24-50(66(76)82)60(49)56(41)42/h13-28H,11-12,29-38H2,1-10H3. The zero-order valence-corrected chi connectivity index (χ0v) is 51.6.